The van der Waals surface area contributed by atoms with E-state index in [4.69, 9.17) is 4.43 Å². The first-order valence-corrected chi connectivity index (χ1v) is 20.6. The summed E-state index contributed by atoms with van der Waals surface area (Å²) >= 11 is 0.550. The van der Waals surface area contributed by atoms with E-state index in [-0.39, 0.29) is 28.9 Å². The summed E-state index contributed by atoms with van der Waals surface area (Å²) in [7, 11) is -2.92. The minimum absolute atomic E-state index is 0.107. The maximum atomic E-state index is 17.5. The van der Waals surface area contributed by atoms with Crippen LogP contribution >= 0.6 is 11.8 Å². The van der Waals surface area contributed by atoms with E-state index in [2.05, 4.69) is 55.3 Å². The van der Waals surface area contributed by atoms with Gasteiger partial charge in [0.25, 0.3) is 0 Å². The fraction of sp³-hybridized carbons (Fsp3) is 0.237. The quantitative estimate of drug-likeness (QED) is 0.180. The number of aromatic nitrogens is 2. The van der Waals surface area contributed by atoms with Gasteiger partial charge in [0, 0.05) is 0 Å². The van der Waals surface area contributed by atoms with Gasteiger partial charge in [-0.2, -0.15) is 0 Å². The van der Waals surface area contributed by atoms with Crippen LogP contribution in [0.2, 0.25) is 5.04 Å². The second-order valence-corrected chi connectivity index (χ2v) is 21.5. The number of nitrogens with zero attached hydrogens (tertiary/aromatic N) is 2. The summed E-state index contributed by atoms with van der Waals surface area (Å²) in [5, 5.41) is 2.94. The van der Waals surface area contributed by atoms with Crippen LogP contribution in [0.1, 0.15) is 42.9 Å². The number of hydrogen-bond donors (Lipinski definition) is 1. The molecular weight excluding hydrogens is 724 g/mol. The molecule has 0 unspecified atom stereocenters. The van der Waals surface area contributed by atoms with Gasteiger partial charge in [-0.3, -0.25) is 0 Å². The first-order chi connectivity index (χ1) is 23.5. The van der Waals surface area contributed by atoms with E-state index in [9.17, 15) is 9.59 Å². The molecule has 6 nitrogen and oxygen atoms in total. The monoisotopic (exact) mass is 761 g/mol. The Labute approximate surface area is 296 Å². The first-order valence-electron chi connectivity index (χ1n) is 16.0. The standard InChI is InChI=1S/C38H37F2N3O3SSeSi/c1-37(2,3)49(30-20-12-6-13-21-30,31-22-14-7-15-23-31)46-26-28-24-38(40,48-29-18-10-5-11-19-29)35(47-28)43-25-32(39)33(42-36(43)45)41-34(44)27-16-8-4-9-17-27/h4-23,25,28,35H,24,26H2,1-3H3,(H,41,42,44,45)/t28-,35+,38+/m0/s1. The number of carbonyl (C=O) groups is 1. The Morgan fingerprint density at radius 1 is 0.939 bits per heavy atom. The number of thioether (sulfide) groups is 1. The number of amides is 1. The maximum absolute atomic E-state index is 17.5. The molecule has 252 valence electrons. The van der Waals surface area contributed by atoms with Gasteiger partial charge >= 0.3 is 298 Å². The molecule has 1 aromatic heterocycles. The normalized spacial score (nSPS) is 19.4. The summed E-state index contributed by atoms with van der Waals surface area (Å²) < 4.78 is 40.3. The minimum atomic E-state index is -2.92. The van der Waals surface area contributed by atoms with Crippen molar-refractivity contribution in [3.63, 3.8) is 0 Å². The van der Waals surface area contributed by atoms with Gasteiger partial charge in [0.2, 0.25) is 0 Å². The number of alkyl halides is 1. The molecule has 3 atom stereocenters. The van der Waals surface area contributed by atoms with Crippen molar-refractivity contribution in [1.82, 2.24) is 9.55 Å². The SMILES string of the molecule is CC(C)(C)[Si](OC[C@@H]1C[C@@](F)([Se]c2ccccc2)[C@H](n2cc(F)c(NC(=O)c3ccccc3)nc2=O)S1)(c1ccccc1)c1ccccc1. The summed E-state index contributed by atoms with van der Waals surface area (Å²) in [4.78, 5) is 30.1. The molecule has 1 aliphatic heterocycles. The number of anilines is 1. The Morgan fingerprint density at radius 2 is 1.47 bits per heavy atom. The summed E-state index contributed by atoms with van der Waals surface area (Å²) in [6.07, 6.45) is 1.07. The Balaban J connectivity index is 1.34. The van der Waals surface area contributed by atoms with Crippen LogP contribution < -0.4 is 25.8 Å². The van der Waals surface area contributed by atoms with E-state index >= 15 is 8.78 Å². The number of nitrogens with one attached hydrogen (secondary N) is 1. The number of benzene rings is 4. The molecule has 0 saturated carbocycles. The van der Waals surface area contributed by atoms with Crippen LogP contribution in [0.3, 0.4) is 0 Å². The van der Waals surface area contributed by atoms with Crippen LogP contribution in [0.4, 0.5) is 14.6 Å². The van der Waals surface area contributed by atoms with Gasteiger partial charge < -0.3 is 0 Å². The van der Waals surface area contributed by atoms with Crippen LogP contribution in [-0.2, 0) is 4.43 Å². The van der Waals surface area contributed by atoms with Crippen LogP contribution in [0, 0.1) is 5.82 Å². The Hall–Kier alpha value is -3.86. The molecule has 1 aliphatic rings. The molecule has 11 heteroatoms. The second kappa shape index (κ2) is 14.5. The molecule has 2 heterocycles. The number of hydrogen-bond acceptors (Lipinski definition) is 5. The van der Waals surface area contributed by atoms with E-state index in [1.54, 1.807) is 30.3 Å². The molecule has 1 saturated heterocycles. The van der Waals surface area contributed by atoms with Gasteiger partial charge in [-0.25, -0.2) is 0 Å². The third kappa shape index (κ3) is 7.37. The Morgan fingerprint density at radius 3 is 2.02 bits per heavy atom. The summed E-state index contributed by atoms with van der Waals surface area (Å²) in [6, 6.07) is 38.1. The van der Waals surface area contributed by atoms with Gasteiger partial charge in [-0.15, -0.1) is 0 Å². The van der Waals surface area contributed by atoms with Crippen molar-refractivity contribution in [2.75, 3.05) is 11.9 Å². The second-order valence-electron chi connectivity index (χ2n) is 12.9. The van der Waals surface area contributed by atoms with Crippen molar-refractivity contribution in [1.29, 1.82) is 0 Å². The average molecular weight is 761 g/mol. The van der Waals surface area contributed by atoms with Crippen LogP contribution in [-0.4, -0.2) is 55.2 Å². The third-order valence-corrected chi connectivity index (χ3v) is 18.0. The van der Waals surface area contributed by atoms with Crippen molar-refractivity contribution in [3.8, 4) is 0 Å². The number of rotatable bonds is 10. The van der Waals surface area contributed by atoms with Crippen LogP contribution in [0.5, 0.6) is 0 Å². The molecule has 4 aromatic carbocycles. The molecule has 1 amide bonds. The molecule has 0 aliphatic carbocycles. The van der Waals surface area contributed by atoms with Crippen molar-refractivity contribution < 1.29 is 18.0 Å². The van der Waals surface area contributed by atoms with Gasteiger partial charge in [0.15, 0.2) is 0 Å². The fourth-order valence-electron chi connectivity index (χ4n) is 6.34. The van der Waals surface area contributed by atoms with Gasteiger partial charge in [-0.1, -0.05) is 0 Å². The van der Waals surface area contributed by atoms with Crippen molar-refractivity contribution in [3.05, 3.63) is 149 Å². The predicted molar refractivity (Wildman–Crippen MR) is 197 cm³/mol. The van der Waals surface area contributed by atoms with Gasteiger partial charge in [0.1, 0.15) is 0 Å². The van der Waals surface area contributed by atoms with Crippen molar-refractivity contribution in [2.24, 2.45) is 0 Å². The van der Waals surface area contributed by atoms with E-state index in [0.717, 1.165) is 25.6 Å². The van der Waals surface area contributed by atoms with Gasteiger partial charge in [-0.05, 0) is 0 Å². The molecule has 0 spiro atoms. The molecule has 5 aromatic rings. The molecule has 1 fully saturated rings. The van der Waals surface area contributed by atoms with Crippen molar-refractivity contribution >= 4 is 61.6 Å². The zero-order chi connectivity index (χ0) is 34.6. The topological polar surface area (TPSA) is 73.2 Å². The zero-order valence-corrected chi connectivity index (χ0v) is 30.9. The summed E-state index contributed by atoms with van der Waals surface area (Å²) in [5.74, 6) is -2.03. The first kappa shape index (κ1) is 35.0. The Bertz CT molecular complexity index is 1910. The van der Waals surface area contributed by atoms with Crippen LogP contribution in [0.25, 0.3) is 0 Å². The van der Waals surface area contributed by atoms with Crippen molar-refractivity contribution in [2.45, 2.75) is 47.4 Å². The molecular formula is C38H37F2N3O3SSeSi. The van der Waals surface area contributed by atoms with E-state index in [0.29, 0.717) is 0 Å². The molecule has 6 rings (SSSR count). The van der Waals surface area contributed by atoms with Crippen LogP contribution in [0.15, 0.2) is 132 Å². The number of halogens is 2. The molecule has 1 N–H and O–H groups in total. The zero-order valence-electron chi connectivity index (χ0n) is 27.4. The van der Waals surface area contributed by atoms with E-state index in [1.165, 1.54) is 11.8 Å². The third-order valence-electron chi connectivity index (χ3n) is 8.56. The molecule has 0 bridgehead atoms. The average Bonchev–Trinajstić information content (AvgIpc) is 3.42. The predicted octanol–water partition coefficient (Wildman–Crippen LogP) is 5.91. The fourth-order valence-corrected chi connectivity index (χ4v) is 15.8. The summed E-state index contributed by atoms with van der Waals surface area (Å²) in [6.45, 7) is 6.80. The Kier molecular flexibility index (Phi) is 10.4. The summed E-state index contributed by atoms with van der Waals surface area (Å²) in [5.41, 5.74) is -0.557. The van der Waals surface area contributed by atoms with E-state index < -0.39 is 56.4 Å². The number of carbonyl (C=O) groups excluding carboxylic acids is 1. The molecule has 49 heavy (non-hydrogen) atoms. The molecule has 0 radical (unpaired) electrons. The van der Waals surface area contributed by atoms with E-state index in [1.807, 2.05) is 66.7 Å². The van der Waals surface area contributed by atoms with Gasteiger partial charge in [0.05, 0.1) is 0 Å².